The van der Waals surface area contributed by atoms with Crippen molar-refractivity contribution >= 4 is 43.2 Å². The quantitative estimate of drug-likeness (QED) is 0.632. The number of ketones is 1. The van der Waals surface area contributed by atoms with E-state index in [9.17, 15) is 17.6 Å². The molecule has 0 saturated carbocycles. The zero-order valence-corrected chi connectivity index (χ0v) is 11.2. The first-order valence-electron chi connectivity index (χ1n) is 4.04. The van der Waals surface area contributed by atoms with E-state index in [4.69, 9.17) is 11.6 Å². The van der Waals surface area contributed by atoms with Crippen LogP contribution >= 0.6 is 27.5 Å². The first-order valence-corrected chi connectivity index (χ1v) is 7.10. The SMILES string of the molecule is CS(=O)(=O)[C@@](Cl)(Br)C(=O)c1cccc(F)c1. The minimum Gasteiger partial charge on any atom is -0.290 e. The molecule has 0 aliphatic rings. The summed E-state index contributed by atoms with van der Waals surface area (Å²) in [7, 11) is -3.85. The fourth-order valence-corrected chi connectivity index (χ4v) is 1.76. The highest BCUT2D eigenvalue weighted by molar-refractivity contribution is 9.12. The van der Waals surface area contributed by atoms with Crippen LogP contribution < -0.4 is 0 Å². The summed E-state index contributed by atoms with van der Waals surface area (Å²) in [5.41, 5.74) is -0.114. The summed E-state index contributed by atoms with van der Waals surface area (Å²) in [5.74, 6) is -1.56. The summed E-state index contributed by atoms with van der Waals surface area (Å²) in [4.78, 5) is 11.7. The molecule has 0 amide bonds. The Bertz CT molecular complexity index is 527. The molecule has 0 N–H and O–H groups in total. The number of hydrogen-bond acceptors (Lipinski definition) is 3. The molecule has 1 aromatic rings. The van der Waals surface area contributed by atoms with Gasteiger partial charge in [0.2, 0.25) is 5.78 Å². The average molecular weight is 330 g/mol. The van der Waals surface area contributed by atoms with Gasteiger partial charge >= 0.3 is 0 Å². The molecule has 1 aromatic carbocycles. The molecule has 0 radical (unpaired) electrons. The maximum absolute atomic E-state index is 12.9. The zero-order valence-electron chi connectivity index (χ0n) is 8.08. The summed E-state index contributed by atoms with van der Waals surface area (Å²) in [5, 5.41) is 0. The van der Waals surface area contributed by atoms with Gasteiger partial charge in [-0.3, -0.25) is 4.79 Å². The average Bonchev–Trinajstić information content (AvgIpc) is 2.14. The molecule has 0 bridgehead atoms. The Morgan fingerprint density at radius 2 is 2.06 bits per heavy atom. The summed E-state index contributed by atoms with van der Waals surface area (Å²) in [6, 6.07) is 4.65. The first-order chi connectivity index (χ1) is 7.16. The molecule has 3 nitrogen and oxygen atoms in total. The number of Topliss-reactive ketones (excluding diaryl/α,β-unsaturated/α-hetero) is 1. The topological polar surface area (TPSA) is 51.2 Å². The first kappa shape index (κ1) is 13.6. The molecule has 0 spiro atoms. The molecule has 1 rings (SSSR count). The maximum atomic E-state index is 12.9. The van der Waals surface area contributed by atoms with Crippen LogP contribution in [0.2, 0.25) is 0 Å². The molecule has 0 fully saturated rings. The molecular weight excluding hydrogens is 323 g/mol. The highest BCUT2D eigenvalue weighted by Gasteiger charge is 2.44. The Balaban J connectivity index is 3.23. The molecule has 88 valence electrons. The van der Waals surface area contributed by atoms with Crippen LogP contribution in [0.4, 0.5) is 4.39 Å². The van der Waals surface area contributed by atoms with Crippen molar-refractivity contribution in [2.24, 2.45) is 0 Å². The van der Waals surface area contributed by atoms with E-state index >= 15 is 0 Å². The van der Waals surface area contributed by atoms with Gasteiger partial charge in [-0.1, -0.05) is 23.7 Å². The molecule has 0 aliphatic heterocycles. The van der Waals surface area contributed by atoms with Crippen LogP contribution in [0.25, 0.3) is 0 Å². The fourth-order valence-electron chi connectivity index (χ4n) is 0.966. The van der Waals surface area contributed by atoms with Crippen LogP contribution in [0.3, 0.4) is 0 Å². The number of alkyl halides is 2. The molecule has 7 heteroatoms. The lowest BCUT2D eigenvalue weighted by atomic mass is 10.1. The van der Waals surface area contributed by atoms with Gasteiger partial charge in [0.1, 0.15) is 5.82 Å². The Morgan fingerprint density at radius 3 is 2.50 bits per heavy atom. The van der Waals surface area contributed by atoms with E-state index in [0.717, 1.165) is 18.4 Å². The Hall–Kier alpha value is -0.460. The van der Waals surface area contributed by atoms with E-state index < -0.39 is 24.6 Å². The highest BCUT2D eigenvalue weighted by Crippen LogP contribution is 2.33. The predicted molar refractivity (Wildman–Crippen MR) is 63.1 cm³/mol. The second kappa shape index (κ2) is 4.43. The number of carbonyl (C=O) groups excluding carboxylic acids is 1. The van der Waals surface area contributed by atoms with Crippen LogP contribution in [-0.4, -0.2) is 23.6 Å². The molecule has 0 saturated heterocycles. The number of hydrogen-bond donors (Lipinski definition) is 0. The summed E-state index contributed by atoms with van der Waals surface area (Å²) >= 11 is 8.24. The number of carbonyl (C=O) groups is 1. The van der Waals surface area contributed by atoms with Crippen molar-refractivity contribution in [3.8, 4) is 0 Å². The normalized spacial score (nSPS) is 15.5. The van der Waals surface area contributed by atoms with Gasteiger partial charge in [-0.25, -0.2) is 12.8 Å². The van der Waals surface area contributed by atoms with E-state index in [1.165, 1.54) is 12.1 Å². The van der Waals surface area contributed by atoms with Gasteiger partial charge < -0.3 is 0 Å². The lowest BCUT2D eigenvalue weighted by Gasteiger charge is -2.16. The zero-order chi connectivity index (χ0) is 12.6. The number of halogens is 3. The second-order valence-electron chi connectivity index (χ2n) is 3.13. The van der Waals surface area contributed by atoms with Gasteiger partial charge in [0.05, 0.1) is 0 Å². The van der Waals surface area contributed by atoms with E-state index in [1.54, 1.807) is 0 Å². The van der Waals surface area contributed by atoms with Gasteiger partial charge in [-0.05, 0) is 28.1 Å². The smallest absolute Gasteiger partial charge is 0.261 e. The standard InChI is InChI=1S/C9H7BrClFO3S/c1-16(14,15)9(10,11)8(13)6-3-2-4-7(12)5-6/h2-5H,1H3/t9-/m1/s1. The summed E-state index contributed by atoms with van der Waals surface area (Å²) in [6.07, 6.45) is 0.811. The van der Waals surface area contributed by atoms with Crippen molar-refractivity contribution in [1.29, 1.82) is 0 Å². The molecule has 16 heavy (non-hydrogen) atoms. The van der Waals surface area contributed by atoms with Crippen molar-refractivity contribution < 1.29 is 17.6 Å². The van der Waals surface area contributed by atoms with E-state index in [1.807, 2.05) is 0 Å². The van der Waals surface area contributed by atoms with Gasteiger partial charge in [0.25, 0.3) is 3.12 Å². The van der Waals surface area contributed by atoms with E-state index in [-0.39, 0.29) is 5.56 Å². The van der Waals surface area contributed by atoms with Gasteiger partial charge in [-0.15, -0.1) is 0 Å². The number of benzene rings is 1. The number of rotatable bonds is 3. The summed E-state index contributed by atoms with van der Waals surface area (Å²) in [6.45, 7) is 0. The lowest BCUT2D eigenvalue weighted by Crippen LogP contribution is -2.34. The minimum absolute atomic E-state index is 0.114. The molecular formula is C9H7BrClFO3S. The minimum atomic E-state index is -3.85. The van der Waals surface area contributed by atoms with Crippen LogP contribution in [0.5, 0.6) is 0 Å². The van der Waals surface area contributed by atoms with Crippen molar-refractivity contribution in [3.05, 3.63) is 35.6 Å². The Labute approximate surface area is 106 Å². The predicted octanol–water partition coefficient (Wildman–Crippen LogP) is 2.34. The molecule has 1 atom stereocenters. The van der Waals surface area contributed by atoms with E-state index in [2.05, 4.69) is 15.9 Å². The van der Waals surface area contributed by atoms with Crippen LogP contribution in [0.15, 0.2) is 24.3 Å². The van der Waals surface area contributed by atoms with Crippen molar-refractivity contribution in [2.75, 3.05) is 6.26 Å². The molecule has 0 aromatic heterocycles. The van der Waals surface area contributed by atoms with Crippen LogP contribution in [0.1, 0.15) is 10.4 Å². The summed E-state index contributed by atoms with van der Waals surface area (Å²) < 4.78 is 33.1. The Kier molecular flexibility index (Phi) is 3.76. The second-order valence-corrected chi connectivity index (χ2v) is 8.25. The van der Waals surface area contributed by atoms with E-state index in [0.29, 0.717) is 0 Å². The van der Waals surface area contributed by atoms with Crippen LogP contribution in [0, 0.1) is 5.82 Å². The fraction of sp³-hybridized carbons (Fsp3) is 0.222. The van der Waals surface area contributed by atoms with Gasteiger partial charge in [-0.2, -0.15) is 0 Å². The van der Waals surface area contributed by atoms with Crippen molar-refractivity contribution in [3.63, 3.8) is 0 Å². The van der Waals surface area contributed by atoms with Gasteiger partial charge in [0, 0.05) is 11.8 Å². The van der Waals surface area contributed by atoms with Crippen molar-refractivity contribution in [2.45, 2.75) is 3.12 Å². The third-order valence-electron chi connectivity index (χ3n) is 1.82. The Morgan fingerprint density at radius 1 is 1.50 bits per heavy atom. The number of sulfone groups is 1. The lowest BCUT2D eigenvalue weighted by molar-refractivity contribution is 0.0999. The maximum Gasteiger partial charge on any atom is 0.261 e. The highest BCUT2D eigenvalue weighted by atomic mass is 79.9. The largest absolute Gasteiger partial charge is 0.290 e. The molecule has 0 aliphatic carbocycles. The molecule has 0 unspecified atom stereocenters. The third-order valence-corrected chi connectivity index (χ3v) is 6.07. The van der Waals surface area contributed by atoms with Crippen LogP contribution in [-0.2, 0) is 9.84 Å². The van der Waals surface area contributed by atoms with Crippen molar-refractivity contribution in [1.82, 2.24) is 0 Å². The monoisotopic (exact) mass is 328 g/mol. The van der Waals surface area contributed by atoms with Gasteiger partial charge in [0.15, 0.2) is 9.84 Å². The molecule has 0 heterocycles. The third kappa shape index (κ3) is 2.61.